The molecule has 0 saturated carbocycles. The number of nitrogens with one attached hydrogen (secondary N) is 1. The van der Waals surface area contributed by atoms with E-state index in [1.165, 1.54) is 44.5 Å². The van der Waals surface area contributed by atoms with Crippen molar-refractivity contribution in [3.8, 4) is 0 Å². The quantitative estimate of drug-likeness (QED) is 0.385. The second-order valence-electron chi connectivity index (χ2n) is 8.59. The number of likely N-dealkylation sites (tertiary alicyclic amines) is 2. The van der Waals surface area contributed by atoms with Gasteiger partial charge in [0, 0.05) is 51.8 Å². The Balaban J connectivity index is 0.00000225. The fourth-order valence-electron chi connectivity index (χ4n) is 4.87. The van der Waals surface area contributed by atoms with Gasteiger partial charge in [0.1, 0.15) is 0 Å². The summed E-state index contributed by atoms with van der Waals surface area (Å²) in [6, 6.07) is 10.8. The van der Waals surface area contributed by atoms with Gasteiger partial charge in [0.25, 0.3) is 0 Å². The molecule has 2 atom stereocenters. The zero-order chi connectivity index (χ0) is 18.5. The topological polar surface area (TPSA) is 40.1 Å². The van der Waals surface area contributed by atoms with Gasteiger partial charge in [0.05, 0.1) is 6.61 Å². The van der Waals surface area contributed by atoms with Crippen LogP contribution in [0.1, 0.15) is 24.8 Å². The van der Waals surface area contributed by atoms with E-state index >= 15 is 0 Å². The normalized spacial score (nSPS) is 28.1. The summed E-state index contributed by atoms with van der Waals surface area (Å²) in [5, 5.41) is 3.66. The lowest BCUT2D eigenvalue weighted by atomic mass is 9.87. The molecule has 3 fully saturated rings. The number of nitrogens with zero attached hydrogens (tertiary/aromatic N) is 3. The van der Waals surface area contributed by atoms with Crippen molar-refractivity contribution in [3.05, 3.63) is 35.9 Å². The zero-order valence-corrected chi connectivity index (χ0v) is 19.4. The molecule has 0 aromatic heterocycles. The second-order valence-corrected chi connectivity index (χ2v) is 8.59. The first-order chi connectivity index (χ1) is 13.3. The predicted molar refractivity (Wildman–Crippen MR) is 126 cm³/mol. The summed E-state index contributed by atoms with van der Waals surface area (Å²) in [6.45, 7) is 8.70. The molecule has 0 bridgehead atoms. The molecule has 1 aromatic rings. The van der Waals surface area contributed by atoms with Crippen LogP contribution < -0.4 is 5.32 Å². The highest BCUT2D eigenvalue weighted by molar-refractivity contribution is 14.0. The summed E-state index contributed by atoms with van der Waals surface area (Å²) in [6.07, 6.45) is 4.89. The van der Waals surface area contributed by atoms with Crippen LogP contribution in [0.5, 0.6) is 0 Å². The van der Waals surface area contributed by atoms with E-state index in [0.717, 1.165) is 51.1 Å². The van der Waals surface area contributed by atoms with Gasteiger partial charge in [0.15, 0.2) is 5.96 Å². The minimum atomic E-state index is 0. The highest BCUT2D eigenvalue weighted by atomic mass is 127. The standard InChI is InChI=1S/C22H34N4O.HI/c1-23-21(26-13-9-22(17-26)10-14-27-18-22)24-15-20-8-12-25(16-20)11-7-19-5-3-2-4-6-19;/h2-6,20H,7-18H2,1H3,(H,23,24);1H. The van der Waals surface area contributed by atoms with Crippen molar-refractivity contribution in [1.82, 2.24) is 15.1 Å². The maximum absolute atomic E-state index is 5.66. The molecule has 0 amide bonds. The number of guanidine groups is 1. The largest absolute Gasteiger partial charge is 0.381 e. The molecule has 0 radical (unpaired) electrons. The number of aliphatic imine (C=N–C) groups is 1. The van der Waals surface area contributed by atoms with Crippen molar-refractivity contribution in [2.24, 2.45) is 16.3 Å². The molecule has 3 aliphatic rings. The molecular formula is C22H35IN4O. The van der Waals surface area contributed by atoms with Crippen molar-refractivity contribution in [1.29, 1.82) is 0 Å². The van der Waals surface area contributed by atoms with Crippen LogP contribution in [0, 0.1) is 11.3 Å². The van der Waals surface area contributed by atoms with E-state index in [-0.39, 0.29) is 24.0 Å². The average molecular weight is 498 g/mol. The number of hydrogen-bond acceptors (Lipinski definition) is 3. The Morgan fingerprint density at radius 2 is 2.11 bits per heavy atom. The van der Waals surface area contributed by atoms with Crippen molar-refractivity contribution >= 4 is 29.9 Å². The Labute approximate surface area is 186 Å². The zero-order valence-electron chi connectivity index (χ0n) is 17.1. The average Bonchev–Trinajstić information content (AvgIpc) is 3.45. The van der Waals surface area contributed by atoms with Crippen LogP contribution in [0.15, 0.2) is 35.3 Å². The van der Waals surface area contributed by atoms with Gasteiger partial charge in [-0.15, -0.1) is 24.0 Å². The Kier molecular flexibility index (Phi) is 8.00. The molecule has 28 heavy (non-hydrogen) atoms. The van der Waals surface area contributed by atoms with Gasteiger partial charge in [0.2, 0.25) is 0 Å². The molecule has 3 heterocycles. The van der Waals surface area contributed by atoms with Gasteiger partial charge in [-0.25, -0.2) is 0 Å². The second kappa shape index (κ2) is 10.3. The van der Waals surface area contributed by atoms with Crippen LogP contribution in [0.4, 0.5) is 0 Å². The molecule has 4 rings (SSSR count). The number of halogens is 1. The van der Waals surface area contributed by atoms with Crippen LogP contribution in [0.3, 0.4) is 0 Å². The first-order valence-electron chi connectivity index (χ1n) is 10.6. The fraction of sp³-hybridized carbons (Fsp3) is 0.682. The molecule has 3 saturated heterocycles. The Morgan fingerprint density at radius 1 is 1.25 bits per heavy atom. The minimum absolute atomic E-state index is 0. The minimum Gasteiger partial charge on any atom is -0.381 e. The molecule has 6 heteroatoms. The molecule has 2 unspecified atom stereocenters. The SMILES string of the molecule is CN=C(NCC1CCN(CCc2ccccc2)C1)N1CCC2(CCOC2)C1.I. The lowest BCUT2D eigenvalue weighted by Crippen LogP contribution is -2.43. The molecule has 1 N–H and O–H groups in total. The van der Waals surface area contributed by atoms with Crippen LogP contribution >= 0.6 is 24.0 Å². The van der Waals surface area contributed by atoms with Crippen molar-refractivity contribution in [2.45, 2.75) is 25.7 Å². The van der Waals surface area contributed by atoms with E-state index in [1.54, 1.807) is 0 Å². The molecule has 3 aliphatic heterocycles. The van der Waals surface area contributed by atoms with E-state index < -0.39 is 0 Å². The lowest BCUT2D eigenvalue weighted by Gasteiger charge is -2.25. The number of benzene rings is 1. The van der Waals surface area contributed by atoms with Crippen molar-refractivity contribution in [3.63, 3.8) is 0 Å². The monoisotopic (exact) mass is 498 g/mol. The van der Waals surface area contributed by atoms with E-state index in [1.807, 2.05) is 7.05 Å². The van der Waals surface area contributed by atoms with Gasteiger partial charge < -0.3 is 19.9 Å². The van der Waals surface area contributed by atoms with Crippen LogP contribution in [0.2, 0.25) is 0 Å². The van der Waals surface area contributed by atoms with Crippen molar-refractivity contribution in [2.75, 3.05) is 59.5 Å². The van der Waals surface area contributed by atoms with Gasteiger partial charge >= 0.3 is 0 Å². The smallest absolute Gasteiger partial charge is 0.193 e. The number of ether oxygens (including phenoxy) is 1. The first kappa shape index (κ1) is 21.8. The number of hydrogen-bond donors (Lipinski definition) is 1. The van der Waals surface area contributed by atoms with E-state index in [0.29, 0.717) is 5.41 Å². The first-order valence-corrected chi connectivity index (χ1v) is 10.6. The van der Waals surface area contributed by atoms with Crippen LogP contribution in [-0.4, -0.2) is 75.3 Å². The third-order valence-corrected chi connectivity index (χ3v) is 6.61. The molecule has 1 spiro atoms. The maximum Gasteiger partial charge on any atom is 0.193 e. The summed E-state index contributed by atoms with van der Waals surface area (Å²) in [5.41, 5.74) is 1.83. The summed E-state index contributed by atoms with van der Waals surface area (Å²) in [4.78, 5) is 9.61. The lowest BCUT2D eigenvalue weighted by molar-refractivity contribution is 0.156. The van der Waals surface area contributed by atoms with Crippen LogP contribution in [-0.2, 0) is 11.2 Å². The van der Waals surface area contributed by atoms with Gasteiger partial charge in [-0.2, -0.15) is 0 Å². The molecular weight excluding hydrogens is 463 g/mol. The molecule has 1 aromatic carbocycles. The highest BCUT2D eigenvalue weighted by Crippen LogP contribution is 2.38. The summed E-state index contributed by atoms with van der Waals surface area (Å²) in [7, 11) is 1.92. The summed E-state index contributed by atoms with van der Waals surface area (Å²) >= 11 is 0. The Hall–Kier alpha value is -0.860. The van der Waals surface area contributed by atoms with E-state index in [9.17, 15) is 0 Å². The van der Waals surface area contributed by atoms with E-state index in [4.69, 9.17) is 4.74 Å². The number of rotatable bonds is 5. The van der Waals surface area contributed by atoms with Gasteiger partial charge in [-0.3, -0.25) is 4.99 Å². The van der Waals surface area contributed by atoms with Crippen molar-refractivity contribution < 1.29 is 4.74 Å². The highest BCUT2D eigenvalue weighted by Gasteiger charge is 2.42. The molecule has 5 nitrogen and oxygen atoms in total. The van der Waals surface area contributed by atoms with E-state index in [2.05, 4.69) is 50.4 Å². The van der Waals surface area contributed by atoms with Gasteiger partial charge in [-0.05, 0) is 43.7 Å². The van der Waals surface area contributed by atoms with Crippen LogP contribution in [0.25, 0.3) is 0 Å². The molecule has 0 aliphatic carbocycles. The third-order valence-electron chi connectivity index (χ3n) is 6.61. The third kappa shape index (κ3) is 5.39. The maximum atomic E-state index is 5.66. The summed E-state index contributed by atoms with van der Waals surface area (Å²) in [5.74, 6) is 1.81. The van der Waals surface area contributed by atoms with Gasteiger partial charge in [-0.1, -0.05) is 30.3 Å². The Morgan fingerprint density at radius 3 is 2.86 bits per heavy atom. The fourth-order valence-corrected chi connectivity index (χ4v) is 4.87. The summed E-state index contributed by atoms with van der Waals surface area (Å²) < 4.78 is 5.66. The Bertz CT molecular complexity index is 633. The predicted octanol–water partition coefficient (Wildman–Crippen LogP) is 2.86. The molecule has 156 valence electrons.